The van der Waals surface area contributed by atoms with E-state index < -0.39 is 0 Å². The first kappa shape index (κ1) is 17.7. The van der Waals surface area contributed by atoms with Crippen LogP contribution in [0.2, 0.25) is 0 Å². The normalized spacial score (nSPS) is 12.4. The van der Waals surface area contributed by atoms with E-state index in [9.17, 15) is 4.79 Å². The molecule has 1 rings (SSSR count). The van der Waals surface area contributed by atoms with Gasteiger partial charge in [-0.25, -0.2) is 5.26 Å². The van der Waals surface area contributed by atoms with Crippen LogP contribution in [0, 0.1) is 0 Å². The van der Waals surface area contributed by atoms with Gasteiger partial charge in [0.1, 0.15) is 0 Å². The Hall–Kier alpha value is -1.39. The van der Waals surface area contributed by atoms with Crippen molar-refractivity contribution in [1.82, 2.24) is 5.32 Å². The van der Waals surface area contributed by atoms with Crippen molar-refractivity contribution < 1.29 is 14.9 Å². The summed E-state index contributed by atoms with van der Waals surface area (Å²) in [6.07, 6.45) is 0. The van der Waals surface area contributed by atoms with Crippen molar-refractivity contribution in [3.63, 3.8) is 0 Å². The van der Waals surface area contributed by atoms with Gasteiger partial charge in [-0.15, -0.1) is 0 Å². The lowest BCUT2D eigenvalue weighted by Gasteiger charge is -2.30. The number of benzene rings is 1. The zero-order chi connectivity index (χ0) is 16.4. The van der Waals surface area contributed by atoms with Crippen molar-refractivity contribution in [3.05, 3.63) is 28.8 Å². The summed E-state index contributed by atoms with van der Waals surface area (Å²) in [7, 11) is 1.76. The van der Waals surface area contributed by atoms with Crippen molar-refractivity contribution >= 4 is 5.78 Å². The van der Waals surface area contributed by atoms with Crippen LogP contribution in [0.5, 0.6) is 5.75 Å². The van der Waals surface area contributed by atoms with Gasteiger partial charge in [0.15, 0.2) is 11.5 Å². The van der Waals surface area contributed by atoms with Crippen molar-refractivity contribution in [2.45, 2.75) is 52.4 Å². The Balaban J connectivity index is 3.72. The molecule has 0 radical (unpaired) electrons. The highest BCUT2D eigenvalue weighted by Gasteiger charge is 2.30. The molecule has 0 fully saturated rings. The van der Waals surface area contributed by atoms with Crippen molar-refractivity contribution in [2.24, 2.45) is 0 Å². The molecule has 0 heterocycles. The number of carbonyl (C=O) groups excluding carboxylic acids is 1. The van der Waals surface area contributed by atoms with Gasteiger partial charge in [-0.2, -0.15) is 0 Å². The van der Waals surface area contributed by atoms with Gasteiger partial charge in [0.25, 0.3) is 0 Å². The van der Waals surface area contributed by atoms with Gasteiger partial charge >= 0.3 is 0 Å². The Morgan fingerprint density at radius 3 is 1.81 bits per heavy atom. The average molecular weight is 293 g/mol. The van der Waals surface area contributed by atoms with E-state index in [1.807, 2.05) is 41.5 Å². The highest BCUT2D eigenvalue weighted by Crippen LogP contribution is 2.37. The van der Waals surface area contributed by atoms with Crippen LogP contribution in [-0.4, -0.2) is 24.6 Å². The van der Waals surface area contributed by atoms with E-state index in [0.29, 0.717) is 5.75 Å². The minimum Gasteiger partial charge on any atom is -0.340 e. The topological polar surface area (TPSA) is 58.6 Å². The molecule has 0 bridgehead atoms. The van der Waals surface area contributed by atoms with Crippen LogP contribution in [0.4, 0.5) is 0 Å². The molecule has 0 aliphatic heterocycles. The van der Waals surface area contributed by atoms with E-state index in [1.54, 1.807) is 19.2 Å². The number of ketones is 1. The zero-order valence-electron chi connectivity index (χ0n) is 14.1. The maximum Gasteiger partial charge on any atom is 0.177 e. The van der Waals surface area contributed by atoms with E-state index in [0.717, 1.165) is 16.7 Å². The summed E-state index contributed by atoms with van der Waals surface area (Å²) in [5.74, 6) is 0.419. The number of hydrogen-bond acceptors (Lipinski definition) is 4. The molecular formula is C17H27NO3. The predicted octanol–water partition coefficient (Wildman–Crippen LogP) is 3.54. The Morgan fingerprint density at radius 1 is 1.10 bits per heavy atom. The first-order chi connectivity index (χ1) is 9.52. The molecule has 0 aliphatic carbocycles. The summed E-state index contributed by atoms with van der Waals surface area (Å²) in [4.78, 5) is 17.1. The SMILES string of the molecule is CNCC(=O)c1c(C(C)(C)C)cc(OO)cc1C(C)(C)C. The van der Waals surface area contributed by atoms with Gasteiger partial charge in [-0.1, -0.05) is 41.5 Å². The lowest BCUT2D eigenvalue weighted by atomic mass is 9.75. The highest BCUT2D eigenvalue weighted by atomic mass is 17.1. The molecule has 0 amide bonds. The largest absolute Gasteiger partial charge is 0.340 e. The summed E-state index contributed by atoms with van der Waals surface area (Å²) < 4.78 is 0. The maximum atomic E-state index is 12.6. The van der Waals surface area contributed by atoms with Crippen molar-refractivity contribution in [1.29, 1.82) is 0 Å². The number of likely N-dealkylation sites (N-methyl/N-ethyl adjacent to an activating group) is 1. The summed E-state index contributed by atoms with van der Waals surface area (Å²) in [5.41, 5.74) is 2.05. The highest BCUT2D eigenvalue weighted by molar-refractivity contribution is 6.01. The molecule has 2 N–H and O–H groups in total. The molecule has 21 heavy (non-hydrogen) atoms. The minimum absolute atomic E-state index is 0.0526. The second-order valence-electron chi connectivity index (χ2n) is 7.44. The standard InChI is InChI=1S/C17H27NO3/c1-16(2,3)12-8-11(21-20)9-13(17(4,5)6)15(12)14(19)10-18-7/h8-9,18,20H,10H2,1-7H3. The van der Waals surface area contributed by atoms with E-state index >= 15 is 0 Å². The van der Waals surface area contributed by atoms with Crippen LogP contribution in [0.3, 0.4) is 0 Å². The maximum absolute atomic E-state index is 12.6. The molecule has 1 aromatic rings. The average Bonchev–Trinajstić information content (AvgIpc) is 2.35. The Labute approximate surface area is 127 Å². The third-order valence-electron chi connectivity index (χ3n) is 3.45. The molecule has 118 valence electrons. The lowest BCUT2D eigenvalue weighted by Crippen LogP contribution is -2.28. The van der Waals surface area contributed by atoms with Crippen LogP contribution in [0.15, 0.2) is 12.1 Å². The third kappa shape index (κ3) is 4.05. The van der Waals surface area contributed by atoms with Gasteiger partial charge < -0.3 is 10.2 Å². The Kier molecular flexibility index (Phi) is 5.18. The smallest absolute Gasteiger partial charge is 0.177 e. The van der Waals surface area contributed by atoms with Crippen LogP contribution < -0.4 is 10.2 Å². The Bertz CT molecular complexity index is 487. The van der Waals surface area contributed by atoms with E-state index in [2.05, 4.69) is 10.2 Å². The van der Waals surface area contributed by atoms with Crippen LogP contribution >= 0.6 is 0 Å². The number of nitrogens with one attached hydrogen (secondary N) is 1. The molecule has 0 aromatic heterocycles. The second-order valence-corrected chi connectivity index (χ2v) is 7.44. The number of rotatable bonds is 4. The number of carbonyl (C=O) groups is 1. The molecule has 0 saturated carbocycles. The van der Waals surface area contributed by atoms with Gasteiger partial charge in [-0.3, -0.25) is 4.79 Å². The minimum atomic E-state index is -0.229. The molecule has 0 saturated heterocycles. The van der Waals surface area contributed by atoms with E-state index in [4.69, 9.17) is 5.26 Å². The quantitative estimate of drug-likeness (QED) is 0.506. The molecule has 4 heteroatoms. The van der Waals surface area contributed by atoms with Gasteiger partial charge in [0, 0.05) is 5.56 Å². The van der Waals surface area contributed by atoms with E-state index in [-0.39, 0.29) is 23.2 Å². The molecule has 0 unspecified atom stereocenters. The summed E-state index contributed by atoms with van der Waals surface area (Å²) in [6, 6.07) is 3.50. The van der Waals surface area contributed by atoms with Crippen molar-refractivity contribution in [3.8, 4) is 5.75 Å². The fourth-order valence-corrected chi connectivity index (χ4v) is 2.40. The first-order valence-corrected chi connectivity index (χ1v) is 7.20. The van der Waals surface area contributed by atoms with Gasteiger partial charge in [-0.05, 0) is 41.1 Å². The first-order valence-electron chi connectivity index (χ1n) is 7.20. The molecule has 4 nitrogen and oxygen atoms in total. The molecule has 1 aromatic carbocycles. The number of Topliss-reactive ketones (excluding diaryl/α,β-unsaturated/α-hetero) is 1. The van der Waals surface area contributed by atoms with Crippen LogP contribution in [0.1, 0.15) is 63.0 Å². The van der Waals surface area contributed by atoms with Crippen molar-refractivity contribution in [2.75, 3.05) is 13.6 Å². The van der Waals surface area contributed by atoms with Crippen LogP contribution in [-0.2, 0) is 10.8 Å². The molecule has 0 spiro atoms. The molecule has 0 atom stereocenters. The zero-order valence-corrected chi connectivity index (χ0v) is 14.1. The Morgan fingerprint density at radius 2 is 1.52 bits per heavy atom. The predicted molar refractivity (Wildman–Crippen MR) is 85.4 cm³/mol. The summed E-state index contributed by atoms with van der Waals surface area (Å²) in [5, 5.41) is 12.0. The molecule has 0 aliphatic rings. The van der Waals surface area contributed by atoms with E-state index in [1.165, 1.54) is 0 Å². The fraction of sp³-hybridized carbons (Fsp3) is 0.588. The van der Waals surface area contributed by atoms with Crippen LogP contribution in [0.25, 0.3) is 0 Å². The van der Waals surface area contributed by atoms with Gasteiger partial charge in [0.2, 0.25) is 0 Å². The second kappa shape index (κ2) is 6.16. The van der Waals surface area contributed by atoms with Gasteiger partial charge in [0.05, 0.1) is 6.54 Å². The fourth-order valence-electron chi connectivity index (χ4n) is 2.40. The summed E-state index contributed by atoms with van der Waals surface area (Å²) in [6.45, 7) is 12.6. The third-order valence-corrected chi connectivity index (χ3v) is 3.45. The number of hydrogen-bond donors (Lipinski definition) is 2. The summed E-state index contributed by atoms with van der Waals surface area (Å²) >= 11 is 0. The monoisotopic (exact) mass is 293 g/mol. The molecular weight excluding hydrogens is 266 g/mol. The lowest BCUT2D eigenvalue weighted by molar-refractivity contribution is -0.137.